The number of nitrogens with zero attached hydrogens (tertiary/aromatic N) is 2. The zero-order valence-electron chi connectivity index (χ0n) is 11.3. The zero-order valence-corrected chi connectivity index (χ0v) is 11.3. The quantitative estimate of drug-likeness (QED) is 0.925. The van der Waals surface area contributed by atoms with Crippen molar-refractivity contribution in [2.24, 2.45) is 7.05 Å². The Morgan fingerprint density at radius 1 is 1.45 bits per heavy atom. The number of carbonyl (C=O) groups is 1. The third-order valence-electron chi connectivity index (χ3n) is 3.90. The number of carbonyl (C=O) groups excluding carboxylic acids is 1. The summed E-state index contributed by atoms with van der Waals surface area (Å²) in [7, 11) is 1.87. The Morgan fingerprint density at radius 2 is 2.20 bits per heavy atom. The molecule has 0 saturated heterocycles. The van der Waals surface area contributed by atoms with Crippen molar-refractivity contribution < 1.29 is 9.18 Å². The van der Waals surface area contributed by atoms with Crippen LogP contribution in [0.2, 0.25) is 0 Å². The smallest absolute Gasteiger partial charge is 0.231 e. The molecule has 0 spiro atoms. The number of halogens is 1. The van der Waals surface area contributed by atoms with Crippen LogP contribution in [-0.2, 0) is 23.8 Å². The molecule has 0 aliphatic heterocycles. The van der Waals surface area contributed by atoms with E-state index in [9.17, 15) is 9.18 Å². The Hall–Kier alpha value is -2.17. The summed E-state index contributed by atoms with van der Waals surface area (Å²) >= 11 is 0. The number of hydrogen-bond acceptors (Lipinski definition) is 2. The van der Waals surface area contributed by atoms with Gasteiger partial charge in [-0.05, 0) is 18.9 Å². The lowest BCUT2D eigenvalue weighted by Crippen LogP contribution is -2.35. The molecule has 1 aromatic carbocycles. The molecule has 1 aliphatic carbocycles. The second-order valence-electron chi connectivity index (χ2n) is 5.20. The monoisotopic (exact) mass is 273 g/mol. The maximum atomic E-state index is 13.9. The minimum absolute atomic E-state index is 0.120. The number of aryl methyl sites for hydroxylation is 1. The Bertz CT molecular complexity index is 646. The minimum Gasteiger partial charge on any atom is -0.348 e. The van der Waals surface area contributed by atoms with E-state index in [4.69, 9.17) is 0 Å². The Balaban J connectivity index is 1.74. The predicted molar refractivity (Wildman–Crippen MR) is 72.4 cm³/mol. The van der Waals surface area contributed by atoms with Crippen molar-refractivity contribution in [3.05, 3.63) is 53.9 Å². The molecular formula is C15H16FN3O. The van der Waals surface area contributed by atoms with Gasteiger partial charge >= 0.3 is 0 Å². The summed E-state index contributed by atoms with van der Waals surface area (Å²) in [5, 5.41) is 2.87. The first-order valence-corrected chi connectivity index (χ1v) is 6.63. The van der Waals surface area contributed by atoms with Crippen LogP contribution in [0.4, 0.5) is 4.39 Å². The molecule has 1 saturated carbocycles. The third kappa shape index (κ3) is 2.09. The second kappa shape index (κ2) is 4.74. The van der Waals surface area contributed by atoms with Gasteiger partial charge in [0, 0.05) is 25.0 Å². The Morgan fingerprint density at radius 3 is 2.80 bits per heavy atom. The van der Waals surface area contributed by atoms with E-state index in [0.29, 0.717) is 24.9 Å². The van der Waals surface area contributed by atoms with E-state index in [1.165, 1.54) is 6.07 Å². The van der Waals surface area contributed by atoms with Crippen LogP contribution < -0.4 is 5.32 Å². The van der Waals surface area contributed by atoms with E-state index >= 15 is 0 Å². The number of amides is 1. The number of nitrogens with one attached hydrogen (secondary N) is 1. The van der Waals surface area contributed by atoms with Crippen molar-refractivity contribution in [1.82, 2.24) is 14.9 Å². The molecule has 104 valence electrons. The zero-order chi connectivity index (χ0) is 14.2. The van der Waals surface area contributed by atoms with Gasteiger partial charge in [0.15, 0.2) is 0 Å². The molecule has 1 aliphatic rings. The molecule has 1 heterocycles. The number of hydrogen-bond donors (Lipinski definition) is 1. The van der Waals surface area contributed by atoms with Gasteiger partial charge in [0.2, 0.25) is 5.91 Å². The number of rotatable bonds is 4. The first-order chi connectivity index (χ1) is 9.63. The van der Waals surface area contributed by atoms with Crippen molar-refractivity contribution in [3.63, 3.8) is 0 Å². The normalized spacial score (nSPS) is 15.9. The van der Waals surface area contributed by atoms with Crippen LogP contribution in [0.15, 0.2) is 36.7 Å². The molecule has 5 heteroatoms. The van der Waals surface area contributed by atoms with E-state index in [0.717, 1.165) is 5.82 Å². The molecule has 4 nitrogen and oxygen atoms in total. The standard InChI is InChI=1S/C15H16FN3O/c1-19-9-8-17-13(19)10-18-14(20)15(6-7-15)11-4-2-3-5-12(11)16/h2-5,8-9H,6-7,10H2,1H3,(H,18,20). The first kappa shape index (κ1) is 12.8. The summed E-state index contributed by atoms with van der Waals surface area (Å²) < 4.78 is 15.7. The summed E-state index contributed by atoms with van der Waals surface area (Å²) in [6, 6.07) is 6.51. The highest BCUT2D eigenvalue weighted by Crippen LogP contribution is 2.49. The Labute approximate surface area is 116 Å². The molecule has 2 aromatic rings. The lowest BCUT2D eigenvalue weighted by atomic mass is 9.94. The number of imidazole rings is 1. The largest absolute Gasteiger partial charge is 0.348 e. The van der Waals surface area contributed by atoms with Crippen molar-refractivity contribution in [2.45, 2.75) is 24.8 Å². The number of benzene rings is 1. The predicted octanol–water partition coefficient (Wildman–Crippen LogP) is 1.91. The van der Waals surface area contributed by atoms with Gasteiger partial charge in [-0.3, -0.25) is 4.79 Å². The molecule has 1 N–H and O–H groups in total. The van der Waals surface area contributed by atoms with Gasteiger partial charge in [0.25, 0.3) is 0 Å². The molecule has 1 amide bonds. The third-order valence-corrected chi connectivity index (χ3v) is 3.90. The topological polar surface area (TPSA) is 46.9 Å². The van der Waals surface area contributed by atoms with Crippen LogP contribution in [0.5, 0.6) is 0 Å². The fourth-order valence-electron chi connectivity index (χ4n) is 2.49. The van der Waals surface area contributed by atoms with Gasteiger partial charge in [-0.1, -0.05) is 18.2 Å². The van der Waals surface area contributed by atoms with Crippen molar-refractivity contribution in [1.29, 1.82) is 0 Å². The van der Waals surface area contributed by atoms with E-state index in [2.05, 4.69) is 10.3 Å². The second-order valence-corrected chi connectivity index (χ2v) is 5.20. The van der Waals surface area contributed by atoms with E-state index in [1.807, 2.05) is 17.8 Å². The molecular weight excluding hydrogens is 257 g/mol. The van der Waals surface area contributed by atoms with Gasteiger partial charge in [-0.25, -0.2) is 9.37 Å². The summed E-state index contributed by atoms with van der Waals surface area (Å²) in [6.07, 6.45) is 4.90. The average molecular weight is 273 g/mol. The molecule has 0 bridgehead atoms. The Kier molecular flexibility index (Phi) is 3.04. The lowest BCUT2D eigenvalue weighted by Gasteiger charge is -2.16. The fourth-order valence-corrected chi connectivity index (χ4v) is 2.49. The van der Waals surface area contributed by atoms with E-state index in [1.54, 1.807) is 24.4 Å². The van der Waals surface area contributed by atoms with Crippen molar-refractivity contribution >= 4 is 5.91 Å². The fraction of sp³-hybridized carbons (Fsp3) is 0.333. The molecule has 1 aromatic heterocycles. The highest BCUT2D eigenvalue weighted by atomic mass is 19.1. The summed E-state index contributed by atoms with van der Waals surface area (Å²) in [4.78, 5) is 16.5. The van der Waals surface area contributed by atoms with Gasteiger partial charge in [0.05, 0.1) is 12.0 Å². The molecule has 20 heavy (non-hydrogen) atoms. The van der Waals surface area contributed by atoms with Gasteiger partial charge < -0.3 is 9.88 Å². The minimum atomic E-state index is -0.684. The van der Waals surface area contributed by atoms with Crippen LogP contribution in [0, 0.1) is 5.82 Å². The molecule has 0 unspecified atom stereocenters. The molecule has 0 atom stereocenters. The van der Waals surface area contributed by atoms with E-state index < -0.39 is 5.41 Å². The maximum absolute atomic E-state index is 13.9. The SMILES string of the molecule is Cn1ccnc1CNC(=O)C1(c2ccccc2F)CC1. The van der Waals surface area contributed by atoms with Crippen LogP contribution in [0.25, 0.3) is 0 Å². The van der Waals surface area contributed by atoms with Crippen LogP contribution in [-0.4, -0.2) is 15.5 Å². The van der Waals surface area contributed by atoms with Gasteiger partial charge in [-0.15, -0.1) is 0 Å². The van der Waals surface area contributed by atoms with E-state index in [-0.39, 0.29) is 11.7 Å². The summed E-state index contributed by atoms with van der Waals surface area (Å²) in [5.41, 5.74) is -0.186. The average Bonchev–Trinajstić information content (AvgIpc) is 3.15. The summed E-state index contributed by atoms with van der Waals surface area (Å²) in [6.45, 7) is 0.360. The highest BCUT2D eigenvalue weighted by Gasteiger charge is 2.52. The molecule has 0 radical (unpaired) electrons. The maximum Gasteiger partial charge on any atom is 0.231 e. The summed E-state index contributed by atoms with van der Waals surface area (Å²) in [5.74, 6) is 0.352. The van der Waals surface area contributed by atoms with Crippen molar-refractivity contribution in [3.8, 4) is 0 Å². The number of aromatic nitrogens is 2. The van der Waals surface area contributed by atoms with Crippen LogP contribution in [0.1, 0.15) is 24.2 Å². The highest BCUT2D eigenvalue weighted by molar-refractivity contribution is 5.91. The molecule has 3 rings (SSSR count). The first-order valence-electron chi connectivity index (χ1n) is 6.63. The van der Waals surface area contributed by atoms with Gasteiger partial charge in [0.1, 0.15) is 11.6 Å². The van der Waals surface area contributed by atoms with Gasteiger partial charge in [-0.2, -0.15) is 0 Å². The lowest BCUT2D eigenvalue weighted by molar-refractivity contribution is -0.123. The molecule has 1 fully saturated rings. The van der Waals surface area contributed by atoms with Crippen molar-refractivity contribution in [2.75, 3.05) is 0 Å². The van der Waals surface area contributed by atoms with Crippen LogP contribution >= 0.6 is 0 Å². The van der Waals surface area contributed by atoms with Crippen LogP contribution in [0.3, 0.4) is 0 Å².